The van der Waals surface area contributed by atoms with Crippen molar-refractivity contribution in [3.63, 3.8) is 0 Å². The monoisotopic (exact) mass is 232 g/mol. The molecule has 0 N–H and O–H groups in total. The summed E-state index contributed by atoms with van der Waals surface area (Å²) in [6, 6.07) is 10.0. The van der Waals surface area contributed by atoms with Crippen molar-refractivity contribution < 1.29 is 14.2 Å². The number of hydrogen-bond acceptors (Lipinski definition) is 3. The lowest BCUT2D eigenvalue weighted by Gasteiger charge is -2.40. The standard InChI is InChI=1S/C14H16O3/c1-10-7-8-15-12-9-16-14(17-13(10)12)11-5-3-2-4-6-11/h2-8,10,12-14H,9H2,1H3/t10?,12?,13-,14?/m0/s1. The highest BCUT2D eigenvalue weighted by Crippen LogP contribution is 2.33. The Morgan fingerprint density at radius 3 is 2.82 bits per heavy atom. The summed E-state index contributed by atoms with van der Waals surface area (Å²) in [6.07, 6.45) is 3.62. The molecule has 3 heteroatoms. The van der Waals surface area contributed by atoms with Gasteiger partial charge >= 0.3 is 0 Å². The highest BCUT2D eigenvalue weighted by molar-refractivity contribution is 5.16. The van der Waals surface area contributed by atoms with Crippen molar-refractivity contribution in [1.82, 2.24) is 0 Å². The van der Waals surface area contributed by atoms with Gasteiger partial charge < -0.3 is 14.2 Å². The van der Waals surface area contributed by atoms with Gasteiger partial charge in [0, 0.05) is 11.5 Å². The highest BCUT2D eigenvalue weighted by atomic mass is 16.7. The number of ether oxygens (including phenoxy) is 3. The second-order valence-electron chi connectivity index (χ2n) is 4.54. The Morgan fingerprint density at radius 1 is 1.18 bits per heavy atom. The fourth-order valence-electron chi connectivity index (χ4n) is 2.29. The molecule has 0 spiro atoms. The van der Waals surface area contributed by atoms with Gasteiger partial charge in [-0.05, 0) is 6.08 Å². The minimum absolute atomic E-state index is 0.0231. The fraction of sp³-hybridized carbons (Fsp3) is 0.429. The first kappa shape index (κ1) is 10.8. The molecule has 0 saturated carbocycles. The van der Waals surface area contributed by atoms with E-state index in [2.05, 4.69) is 6.92 Å². The van der Waals surface area contributed by atoms with Gasteiger partial charge in [-0.1, -0.05) is 37.3 Å². The lowest BCUT2D eigenvalue weighted by atomic mass is 9.97. The quantitative estimate of drug-likeness (QED) is 0.745. The molecule has 2 aliphatic heterocycles. The number of benzene rings is 1. The summed E-state index contributed by atoms with van der Waals surface area (Å²) >= 11 is 0. The van der Waals surface area contributed by atoms with Gasteiger partial charge in [0.05, 0.1) is 12.9 Å². The van der Waals surface area contributed by atoms with Crippen LogP contribution >= 0.6 is 0 Å². The maximum absolute atomic E-state index is 5.99. The molecule has 4 atom stereocenters. The van der Waals surface area contributed by atoms with Crippen molar-refractivity contribution in [2.45, 2.75) is 25.4 Å². The van der Waals surface area contributed by atoms with Crippen LogP contribution in [0.25, 0.3) is 0 Å². The van der Waals surface area contributed by atoms with E-state index >= 15 is 0 Å². The Balaban J connectivity index is 1.77. The van der Waals surface area contributed by atoms with E-state index in [1.54, 1.807) is 6.26 Å². The predicted octanol–water partition coefficient (Wildman–Crippen LogP) is 2.65. The molecule has 17 heavy (non-hydrogen) atoms. The molecule has 1 fully saturated rings. The average Bonchev–Trinajstić information content (AvgIpc) is 2.40. The van der Waals surface area contributed by atoms with Crippen LogP contribution < -0.4 is 0 Å². The van der Waals surface area contributed by atoms with E-state index in [-0.39, 0.29) is 18.5 Å². The van der Waals surface area contributed by atoms with E-state index < -0.39 is 0 Å². The molecule has 1 aromatic carbocycles. The van der Waals surface area contributed by atoms with Gasteiger partial charge in [-0.3, -0.25) is 0 Å². The number of hydrogen-bond donors (Lipinski definition) is 0. The van der Waals surface area contributed by atoms with Crippen LogP contribution in [0.2, 0.25) is 0 Å². The molecule has 0 bridgehead atoms. The van der Waals surface area contributed by atoms with Crippen LogP contribution in [0.1, 0.15) is 18.8 Å². The molecule has 3 rings (SSSR count). The summed E-state index contributed by atoms with van der Waals surface area (Å²) in [4.78, 5) is 0. The number of rotatable bonds is 1. The fourth-order valence-corrected chi connectivity index (χ4v) is 2.29. The summed E-state index contributed by atoms with van der Waals surface area (Å²) in [5.41, 5.74) is 1.06. The zero-order valence-electron chi connectivity index (χ0n) is 9.78. The lowest BCUT2D eigenvalue weighted by Crippen LogP contribution is -2.46. The molecule has 90 valence electrons. The van der Waals surface area contributed by atoms with E-state index in [1.165, 1.54) is 0 Å². The van der Waals surface area contributed by atoms with E-state index in [0.29, 0.717) is 12.5 Å². The van der Waals surface area contributed by atoms with Gasteiger partial charge in [-0.15, -0.1) is 0 Å². The molecule has 0 aliphatic carbocycles. The molecule has 3 unspecified atom stereocenters. The van der Waals surface area contributed by atoms with Crippen LogP contribution in [0.15, 0.2) is 42.7 Å². The first-order valence-corrected chi connectivity index (χ1v) is 5.99. The average molecular weight is 232 g/mol. The third-order valence-electron chi connectivity index (χ3n) is 3.28. The summed E-state index contributed by atoms with van der Waals surface area (Å²) in [5.74, 6) is 0.365. The van der Waals surface area contributed by atoms with Gasteiger partial charge in [0.2, 0.25) is 0 Å². The third-order valence-corrected chi connectivity index (χ3v) is 3.28. The number of fused-ring (bicyclic) bond motifs is 1. The molecule has 1 aromatic rings. The van der Waals surface area contributed by atoms with Crippen LogP contribution in [-0.2, 0) is 14.2 Å². The van der Waals surface area contributed by atoms with Gasteiger partial charge in [-0.25, -0.2) is 0 Å². The molecule has 0 radical (unpaired) electrons. The van der Waals surface area contributed by atoms with Crippen LogP contribution in [0.3, 0.4) is 0 Å². The summed E-state index contributed by atoms with van der Waals surface area (Å²) in [5, 5.41) is 0. The normalized spacial score (nSPS) is 36.1. The second-order valence-corrected chi connectivity index (χ2v) is 4.54. The summed E-state index contributed by atoms with van der Waals surface area (Å²) in [6.45, 7) is 2.73. The van der Waals surface area contributed by atoms with Crippen LogP contribution in [0, 0.1) is 5.92 Å². The van der Waals surface area contributed by atoms with Crippen molar-refractivity contribution in [3.05, 3.63) is 48.2 Å². The highest BCUT2D eigenvalue weighted by Gasteiger charge is 2.38. The summed E-state index contributed by atoms with van der Waals surface area (Å²) in [7, 11) is 0. The molecule has 0 amide bonds. The van der Waals surface area contributed by atoms with Crippen molar-refractivity contribution in [2.24, 2.45) is 5.92 Å². The van der Waals surface area contributed by atoms with Crippen molar-refractivity contribution in [2.75, 3.05) is 6.61 Å². The molecular weight excluding hydrogens is 216 g/mol. The molecular formula is C14H16O3. The minimum atomic E-state index is -0.269. The Bertz CT molecular complexity index is 401. The minimum Gasteiger partial charge on any atom is -0.493 e. The Kier molecular flexibility index (Phi) is 2.87. The smallest absolute Gasteiger partial charge is 0.184 e. The van der Waals surface area contributed by atoms with Crippen molar-refractivity contribution in [1.29, 1.82) is 0 Å². The van der Waals surface area contributed by atoms with Gasteiger partial charge in [0.25, 0.3) is 0 Å². The van der Waals surface area contributed by atoms with Crippen LogP contribution in [0.4, 0.5) is 0 Å². The SMILES string of the molecule is CC1C=COC2COC(c3ccccc3)O[C@@H]12. The van der Waals surface area contributed by atoms with E-state index in [4.69, 9.17) is 14.2 Å². The molecule has 0 aromatic heterocycles. The van der Waals surface area contributed by atoms with Crippen LogP contribution in [-0.4, -0.2) is 18.8 Å². The topological polar surface area (TPSA) is 27.7 Å². The van der Waals surface area contributed by atoms with Gasteiger partial charge in [0.15, 0.2) is 6.29 Å². The van der Waals surface area contributed by atoms with E-state index in [1.807, 2.05) is 36.4 Å². The Labute approximate surface area is 101 Å². The van der Waals surface area contributed by atoms with E-state index in [0.717, 1.165) is 5.56 Å². The first-order valence-electron chi connectivity index (χ1n) is 5.99. The zero-order chi connectivity index (χ0) is 11.7. The molecule has 2 aliphatic rings. The van der Waals surface area contributed by atoms with Crippen molar-refractivity contribution in [3.8, 4) is 0 Å². The van der Waals surface area contributed by atoms with Gasteiger partial charge in [-0.2, -0.15) is 0 Å². The Morgan fingerprint density at radius 2 is 2.00 bits per heavy atom. The molecule has 3 nitrogen and oxygen atoms in total. The second kappa shape index (κ2) is 4.51. The largest absolute Gasteiger partial charge is 0.493 e. The molecule has 1 saturated heterocycles. The zero-order valence-corrected chi connectivity index (χ0v) is 9.78. The van der Waals surface area contributed by atoms with Crippen molar-refractivity contribution >= 4 is 0 Å². The maximum Gasteiger partial charge on any atom is 0.184 e. The maximum atomic E-state index is 5.99. The lowest BCUT2D eigenvalue weighted by molar-refractivity contribution is -0.268. The Hall–Kier alpha value is -1.32. The first-order chi connectivity index (χ1) is 8.34. The van der Waals surface area contributed by atoms with Crippen LogP contribution in [0.5, 0.6) is 0 Å². The van der Waals surface area contributed by atoms with Gasteiger partial charge in [0.1, 0.15) is 12.2 Å². The van der Waals surface area contributed by atoms with E-state index in [9.17, 15) is 0 Å². The predicted molar refractivity (Wildman–Crippen MR) is 63.2 cm³/mol. The molecule has 2 heterocycles. The summed E-state index contributed by atoms with van der Waals surface area (Å²) < 4.78 is 17.2. The third kappa shape index (κ3) is 2.08.